The largest absolute Gasteiger partial charge is 0.493 e. The lowest BCUT2D eigenvalue weighted by Gasteiger charge is -2.36. The average molecular weight is 412 g/mol. The normalized spacial score (nSPS) is 16.7. The maximum atomic E-state index is 13.1. The van der Waals surface area contributed by atoms with Crippen LogP contribution in [0.15, 0.2) is 24.3 Å². The molecule has 2 aromatic rings. The Morgan fingerprint density at radius 3 is 2.33 bits per heavy atom. The number of para-hydroxylation sites is 1. The molecule has 1 aromatic heterocycles. The van der Waals surface area contributed by atoms with Crippen molar-refractivity contribution >= 4 is 17.7 Å². The summed E-state index contributed by atoms with van der Waals surface area (Å²) in [4.78, 5) is 28.9. The molecular formula is C22H29N5O3. The maximum Gasteiger partial charge on any atom is 0.257 e. The zero-order valence-electron chi connectivity index (χ0n) is 17.9. The number of piperazine rings is 1. The molecule has 0 N–H and O–H groups in total. The highest BCUT2D eigenvalue weighted by Gasteiger charge is 2.27. The number of carbonyl (C=O) groups is 1. The summed E-state index contributed by atoms with van der Waals surface area (Å²) in [7, 11) is 3.13. The summed E-state index contributed by atoms with van der Waals surface area (Å²) in [6, 6.07) is 7.42. The van der Waals surface area contributed by atoms with Crippen LogP contribution in [0.3, 0.4) is 0 Å². The van der Waals surface area contributed by atoms with Crippen molar-refractivity contribution in [1.82, 2.24) is 14.9 Å². The van der Waals surface area contributed by atoms with Gasteiger partial charge in [-0.05, 0) is 31.9 Å². The molecule has 0 spiro atoms. The number of aromatic nitrogens is 2. The van der Waals surface area contributed by atoms with Crippen LogP contribution in [0, 0.1) is 6.92 Å². The van der Waals surface area contributed by atoms with Crippen molar-refractivity contribution in [2.45, 2.75) is 19.8 Å². The van der Waals surface area contributed by atoms with Crippen molar-refractivity contribution < 1.29 is 14.3 Å². The molecule has 0 radical (unpaired) electrons. The van der Waals surface area contributed by atoms with Gasteiger partial charge in [-0.25, -0.2) is 4.98 Å². The minimum absolute atomic E-state index is 0.0398. The number of methoxy groups -OCH3 is 2. The molecule has 0 aliphatic carbocycles. The Hall–Kier alpha value is -3.03. The Morgan fingerprint density at radius 2 is 1.67 bits per heavy atom. The second kappa shape index (κ2) is 8.77. The summed E-state index contributed by atoms with van der Waals surface area (Å²) in [5.41, 5.74) is 1.50. The predicted molar refractivity (Wildman–Crippen MR) is 116 cm³/mol. The van der Waals surface area contributed by atoms with Gasteiger partial charge in [0.1, 0.15) is 5.82 Å². The fourth-order valence-corrected chi connectivity index (χ4v) is 4.12. The number of rotatable bonds is 5. The van der Waals surface area contributed by atoms with Gasteiger partial charge >= 0.3 is 0 Å². The first-order chi connectivity index (χ1) is 14.6. The number of carbonyl (C=O) groups excluding carboxylic acids is 1. The SMILES string of the molecule is COc1cccc(C(=O)N2CCN(c3cc(C)nc(N4CCCC4)n3)CC2)c1OC. The van der Waals surface area contributed by atoms with Gasteiger partial charge in [0, 0.05) is 51.0 Å². The number of nitrogens with zero attached hydrogens (tertiary/aromatic N) is 5. The molecule has 8 nitrogen and oxygen atoms in total. The van der Waals surface area contributed by atoms with Gasteiger partial charge in [0.2, 0.25) is 5.95 Å². The molecule has 8 heteroatoms. The lowest BCUT2D eigenvalue weighted by atomic mass is 10.1. The topological polar surface area (TPSA) is 71.0 Å². The smallest absolute Gasteiger partial charge is 0.257 e. The minimum Gasteiger partial charge on any atom is -0.493 e. The number of hydrogen-bond donors (Lipinski definition) is 0. The van der Waals surface area contributed by atoms with E-state index in [1.165, 1.54) is 12.8 Å². The van der Waals surface area contributed by atoms with Crippen molar-refractivity contribution in [2.24, 2.45) is 0 Å². The van der Waals surface area contributed by atoms with Gasteiger partial charge in [-0.3, -0.25) is 4.79 Å². The van der Waals surface area contributed by atoms with E-state index in [0.717, 1.165) is 43.6 Å². The zero-order valence-corrected chi connectivity index (χ0v) is 17.9. The van der Waals surface area contributed by atoms with E-state index in [0.29, 0.717) is 30.2 Å². The van der Waals surface area contributed by atoms with Crippen LogP contribution in [-0.2, 0) is 0 Å². The van der Waals surface area contributed by atoms with Gasteiger partial charge in [0.15, 0.2) is 11.5 Å². The molecule has 4 rings (SSSR count). The van der Waals surface area contributed by atoms with Gasteiger partial charge in [-0.15, -0.1) is 0 Å². The van der Waals surface area contributed by atoms with E-state index in [1.807, 2.05) is 24.0 Å². The number of hydrogen-bond acceptors (Lipinski definition) is 7. The van der Waals surface area contributed by atoms with Crippen molar-refractivity contribution in [3.8, 4) is 11.5 Å². The molecule has 0 bridgehead atoms. The summed E-state index contributed by atoms with van der Waals surface area (Å²) in [6.07, 6.45) is 2.39. The van der Waals surface area contributed by atoms with Crippen LogP contribution in [0.1, 0.15) is 28.9 Å². The monoisotopic (exact) mass is 411 g/mol. The van der Waals surface area contributed by atoms with Gasteiger partial charge < -0.3 is 24.2 Å². The summed E-state index contributed by atoms with van der Waals surface area (Å²) >= 11 is 0. The number of ether oxygens (including phenoxy) is 2. The van der Waals surface area contributed by atoms with Gasteiger partial charge in [-0.1, -0.05) is 6.07 Å². The van der Waals surface area contributed by atoms with E-state index in [1.54, 1.807) is 26.4 Å². The summed E-state index contributed by atoms with van der Waals surface area (Å²) in [5.74, 6) is 2.77. The molecule has 1 amide bonds. The second-order valence-electron chi connectivity index (χ2n) is 7.68. The fourth-order valence-electron chi connectivity index (χ4n) is 4.12. The Kier molecular flexibility index (Phi) is 5.92. The second-order valence-corrected chi connectivity index (χ2v) is 7.68. The predicted octanol–water partition coefficient (Wildman–Crippen LogP) is 2.36. The summed E-state index contributed by atoms with van der Waals surface area (Å²) < 4.78 is 10.8. The van der Waals surface area contributed by atoms with E-state index in [2.05, 4.69) is 14.8 Å². The van der Waals surface area contributed by atoms with Crippen molar-refractivity contribution in [2.75, 3.05) is 63.3 Å². The molecular weight excluding hydrogens is 382 g/mol. The molecule has 2 saturated heterocycles. The van der Waals surface area contributed by atoms with Gasteiger partial charge in [-0.2, -0.15) is 4.98 Å². The van der Waals surface area contributed by atoms with E-state index in [-0.39, 0.29) is 5.91 Å². The number of amides is 1. The number of anilines is 2. The Bertz CT molecular complexity index is 906. The molecule has 0 saturated carbocycles. The molecule has 2 fully saturated rings. The average Bonchev–Trinajstić information content (AvgIpc) is 3.33. The lowest BCUT2D eigenvalue weighted by Crippen LogP contribution is -2.49. The van der Waals surface area contributed by atoms with E-state index in [9.17, 15) is 4.79 Å². The first kappa shape index (κ1) is 20.3. The van der Waals surface area contributed by atoms with Crippen LogP contribution in [0.5, 0.6) is 11.5 Å². The standard InChI is InChI=1S/C22H29N5O3/c1-16-15-19(24-22(23-16)27-9-4-5-10-27)25-11-13-26(14-12-25)21(28)17-7-6-8-18(29-2)20(17)30-3/h6-8,15H,4-5,9-14H2,1-3H3. The zero-order chi connectivity index (χ0) is 21.1. The maximum absolute atomic E-state index is 13.1. The first-order valence-electron chi connectivity index (χ1n) is 10.5. The van der Waals surface area contributed by atoms with E-state index in [4.69, 9.17) is 14.5 Å². The molecule has 30 heavy (non-hydrogen) atoms. The van der Waals surface area contributed by atoms with E-state index >= 15 is 0 Å². The van der Waals surface area contributed by atoms with Crippen LogP contribution in [0.2, 0.25) is 0 Å². The van der Waals surface area contributed by atoms with Gasteiger partial charge in [0.25, 0.3) is 5.91 Å². The van der Waals surface area contributed by atoms with Crippen molar-refractivity contribution in [1.29, 1.82) is 0 Å². The molecule has 2 aliphatic rings. The fraction of sp³-hybridized carbons (Fsp3) is 0.500. The highest BCUT2D eigenvalue weighted by Crippen LogP contribution is 2.32. The Morgan fingerprint density at radius 1 is 0.933 bits per heavy atom. The molecule has 0 atom stereocenters. The minimum atomic E-state index is -0.0398. The van der Waals surface area contributed by atoms with Gasteiger partial charge in [0.05, 0.1) is 19.8 Å². The number of benzene rings is 1. The third kappa shape index (κ3) is 3.99. The van der Waals surface area contributed by atoms with Crippen LogP contribution < -0.4 is 19.3 Å². The molecule has 2 aliphatic heterocycles. The van der Waals surface area contributed by atoms with Crippen LogP contribution >= 0.6 is 0 Å². The molecule has 1 aromatic carbocycles. The Balaban J connectivity index is 1.46. The number of aryl methyl sites for hydroxylation is 1. The molecule has 160 valence electrons. The lowest BCUT2D eigenvalue weighted by molar-refractivity contribution is 0.0742. The first-order valence-corrected chi connectivity index (χ1v) is 10.5. The van der Waals surface area contributed by atoms with Crippen LogP contribution in [0.4, 0.5) is 11.8 Å². The summed E-state index contributed by atoms with van der Waals surface area (Å²) in [6.45, 7) is 6.77. The summed E-state index contributed by atoms with van der Waals surface area (Å²) in [5, 5.41) is 0. The third-order valence-electron chi connectivity index (χ3n) is 5.74. The van der Waals surface area contributed by atoms with E-state index < -0.39 is 0 Å². The van der Waals surface area contributed by atoms with Crippen LogP contribution in [-0.4, -0.2) is 74.3 Å². The molecule has 3 heterocycles. The molecule has 0 unspecified atom stereocenters. The van der Waals surface area contributed by atoms with Crippen molar-refractivity contribution in [3.05, 3.63) is 35.5 Å². The highest BCUT2D eigenvalue weighted by atomic mass is 16.5. The Labute approximate surface area is 177 Å². The van der Waals surface area contributed by atoms with Crippen LogP contribution in [0.25, 0.3) is 0 Å². The quantitative estimate of drug-likeness (QED) is 0.748. The van der Waals surface area contributed by atoms with Crippen molar-refractivity contribution in [3.63, 3.8) is 0 Å². The third-order valence-corrected chi connectivity index (χ3v) is 5.74. The highest BCUT2D eigenvalue weighted by molar-refractivity contribution is 5.98.